The van der Waals surface area contributed by atoms with Crippen LogP contribution >= 0.6 is 21.6 Å². The van der Waals surface area contributed by atoms with Gasteiger partial charge in [-0.15, -0.1) is 0 Å². The SMILES string of the molecule is CC(C)(CNCCOc1ccccc1)SSC(C)(C)CNCCOc1ccccc1. The van der Waals surface area contributed by atoms with Gasteiger partial charge in [0.25, 0.3) is 0 Å². The highest BCUT2D eigenvalue weighted by atomic mass is 33.1. The standard InChI is InChI=1S/C24H36N2O2S2/c1-23(2,19-25-15-17-27-21-11-7-5-8-12-21)29-30-24(3,4)20-26-16-18-28-22-13-9-6-10-14-22/h5-14,25-26H,15-20H2,1-4H3. The zero-order valence-corrected chi connectivity index (χ0v) is 20.3. The van der Waals surface area contributed by atoms with E-state index in [2.05, 4.69) is 38.3 Å². The van der Waals surface area contributed by atoms with E-state index in [1.165, 1.54) is 0 Å². The summed E-state index contributed by atoms with van der Waals surface area (Å²) in [5.41, 5.74) is 0. The van der Waals surface area contributed by atoms with E-state index in [-0.39, 0.29) is 9.49 Å². The molecule has 0 unspecified atom stereocenters. The Bertz CT molecular complexity index is 635. The van der Waals surface area contributed by atoms with Gasteiger partial charge in [-0.2, -0.15) is 0 Å². The van der Waals surface area contributed by atoms with Crippen molar-refractivity contribution in [3.05, 3.63) is 60.7 Å². The number of hydrogen-bond acceptors (Lipinski definition) is 6. The van der Waals surface area contributed by atoms with Gasteiger partial charge in [-0.1, -0.05) is 58.0 Å². The number of para-hydroxylation sites is 2. The zero-order valence-electron chi connectivity index (χ0n) is 18.6. The Hall–Kier alpha value is -1.34. The van der Waals surface area contributed by atoms with Gasteiger partial charge in [0.1, 0.15) is 24.7 Å². The summed E-state index contributed by atoms with van der Waals surface area (Å²) in [5, 5.41) is 7.03. The fraction of sp³-hybridized carbons (Fsp3) is 0.500. The maximum Gasteiger partial charge on any atom is 0.119 e. The molecule has 0 saturated carbocycles. The highest BCUT2D eigenvalue weighted by Gasteiger charge is 2.25. The van der Waals surface area contributed by atoms with Crippen molar-refractivity contribution >= 4 is 21.6 Å². The summed E-state index contributed by atoms with van der Waals surface area (Å²) in [6.07, 6.45) is 0. The van der Waals surface area contributed by atoms with Crippen LogP contribution in [-0.2, 0) is 0 Å². The van der Waals surface area contributed by atoms with Crippen molar-refractivity contribution in [2.75, 3.05) is 39.4 Å². The van der Waals surface area contributed by atoms with Gasteiger partial charge in [-0.25, -0.2) is 0 Å². The van der Waals surface area contributed by atoms with Gasteiger partial charge in [-0.05, 0) is 52.0 Å². The molecule has 6 heteroatoms. The van der Waals surface area contributed by atoms with Crippen LogP contribution in [0.15, 0.2) is 60.7 Å². The minimum atomic E-state index is 0.144. The van der Waals surface area contributed by atoms with Crippen LogP contribution in [0.25, 0.3) is 0 Å². The molecule has 0 aliphatic rings. The smallest absolute Gasteiger partial charge is 0.119 e. The first-order valence-corrected chi connectivity index (χ1v) is 12.7. The predicted molar refractivity (Wildman–Crippen MR) is 133 cm³/mol. The summed E-state index contributed by atoms with van der Waals surface area (Å²) in [6.45, 7) is 14.1. The molecule has 0 amide bonds. The molecule has 0 heterocycles. The van der Waals surface area contributed by atoms with Crippen LogP contribution in [-0.4, -0.2) is 48.9 Å². The molecule has 0 spiro atoms. The van der Waals surface area contributed by atoms with Crippen LogP contribution in [0.3, 0.4) is 0 Å². The molecule has 0 aliphatic carbocycles. The van der Waals surface area contributed by atoms with E-state index >= 15 is 0 Å². The first kappa shape index (κ1) is 24.9. The first-order chi connectivity index (χ1) is 14.4. The largest absolute Gasteiger partial charge is 0.492 e. The van der Waals surface area contributed by atoms with Crippen molar-refractivity contribution in [1.82, 2.24) is 10.6 Å². The lowest BCUT2D eigenvalue weighted by atomic mass is 10.2. The van der Waals surface area contributed by atoms with E-state index in [1.807, 2.05) is 82.3 Å². The van der Waals surface area contributed by atoms with Gasteiger partial charge in [-0.3, -0.25) is 0 Å². The fourth-order valence-electron chi connectivity index (χ4n) is 2.58. The summed E-state index contributed by atoms with van der Waals surface area (Å²) in [6, 6.07) is 19.9. The number of hydrogen-bond donors (Lipinski definition) is 2. The van der Waals surface area contributed by atoms with Crippen molar-refractivity contribution in [3.63, 3.8) is 0 Å². The Labute approximate surface area is 190 Å². The van der Waals surface area contributed by atoms with E-state index in [0.29, 0.717) is 13.2 Å². The topological polar surface area (TPSA) is 42.5 Å². The Morgan fingerprint density at radius 1 is 0.633 bits per heavy atom. The molecule has 0 radical (unpaired) electrons. The molecule has 0 atom stereocenters. The number of benzene rings is 2. The predicted octanol–water partition coefficient (Wildman–Crippen LogP) is 5.26. The molecule has 0 bridgehead atoms. The second-order valence-corrected chi connectivity index (χ2v) is 11.9. The van der Waals surface area contributed by atoms with Crippen LogP contribution in [0.2, 0.25) is 0 Å². The zero-order chi connectivity index (χ0) is 21.7. The molecular weight excluding hydrogens is 412 g/mol. The highest BCUT2D eigenvalue weighted by molar-refractivity contribution is 8.77. The molecule has 2 rings (SSSR count). The van der Waals surface area contributed by atoms with E-state index in [1.54, 1.807) is 0 Å². The second kappa shape index (κ2) is 13.2. The molecule has 4 nitrogen and oxygen atoms in total. The molecular formula is C24H36N2O2S2. The Kier molecular flexibility index (Phi) is 10.9. The summed E-state index contributed by atoms with van der Waals surface area (Å²) in [5.74, 6) is 1.85. The van der Waals surface area contributed by atoms with E-state index < -0.39 is 0 Å². The third kappa shape index (κ3) is 11.2. The van der Waals surface area contributed by atoms with Gasteiger partial charge < -0.3 is 20.1 Å². The lowest BCUT2D eigenvalue weighted by Gasteiger charge is -2.30. The minimum absolute atomic E-state index is 0.144. The molecule has 2 N–H and O–H groups in total. The molecule has 0 aliphatic heterocycles. The van der Waals surface area contributed by atoms with Crippen molar-refractivity contribution in [2.45, 2.75) is 37.2 Å². The molecule has 30 heavy (non-hydrogen) atoms. The number of ether oxygens (including phenoxy) is 2. The van der Waals surface area contributed by atoms with Crippen LogP contribution in [0.1, 0.15) is 27.7 Å². The number of nitrogens with one attached hydrogen (secondary N) is 2. The monoisotopic (exact) mass is 448 g/mol. The average molecular weight is 449 g/mol. The van der Waals surface area contributed by atoms with E-state index in [9.17, 15) is 0 Å². The maximum atomic E-state index is 5.73. The average Bonchev–Trinajstić information content (AvgIpc) is 2.73. The van der Waals surface area contributed by atoms with E-state index in [0.717, 1.165) is 37.7 Å². The molecule has 0 fully saturated rings. The third-order valence-electron chi connectivity index (χ3n) is 4.18. The van der Waals surface area contributed by atoms with Crippen LogP contribution in [0.4, 0.5) is 0 Å². The Morgan fingerprint density at radius 3 is 1.37 bits per heavy atom. The van der Waals surface area contributed by atoms with E-state index in [4.69, 9.17) is 9.47 Å². The normalized spacial score (nSPS) is 12.0. The van der Waals surface area contributed by atoms with Crippen molar-refractivity contribution in [3.8, 4) is 11.5 Å². The summed E-state index contributed by atoms with van der Waals surface area (Å²) in [7, 11) is 3.89. The maximum absolute atomic E-state index is 5.73. The van der Waals surface area contributed by atoms with Gasteiger partial charge in [0.05, 0.1) is 0 Å². The Morgan fingerprint density at radius 2 is 1.00 bits per heavy atom. The van der Waals surface area contributed by atoms with Crippen molar-refractivity contribution in [1.29, 1.82) is 0 Å². The third-order valence-corrected chi connectivity index (χ3v) is 8.41. The molecule has 0 aromatic heterocycles. The van der Waals surface area contributed by atoms with Crippen LogP contribution in [0.5, 0.6) is 11.5 Å². The quantitative estimate of drug-likeness (QED) is 0.286. The van der Waals surface area contributed by atoms with Gasteiger partial charge in [0.15, 0.2) is 0 Å². The lowest BCUT2D eigenvalue weighted by molar-refractivity contribution is 0.312. The molecule has 2 aromatic carbocycles. The second-order valence-electron chi connectivity index (χ2n) is 8.36. The van der Waals surface area contributed by atoms with Gasteiger partial charge >= 0.3 is 0 Å². The summed E-state index contributed by atoms with van der Waals surface area (Å²) >= 11 is 0. The van der Waals surface area contributed by atoms with Crippen LogP contribution < -0.4 is 20.1 Å². The van der Waals surface area contributed by atoms with Crippen molar-refractivity contribution in [2.24, 2.45) is 0 Å². The van der Waals surface area contributed by atoms with Crippen LogP contribution in [0, 0.1) is 0 Å². The summed E-state index contributed by atoms with van der Waals surface area (Å²) < 4.78 is 11.8. The molecule has 2 aromatic rings. The molecule has 0 saturated heterocycles. The van der Waals surface area contributed by atoms with Crippen molar-refractivity contribution < 1.29 is 9.47 Å². The van der Waals surface area contributed by atoms with Gasteiger partial charge in [0, 0.05) is 35.7 Å². The van der Waals surface area contributed by atoms with Gasteiger partial charge in [0.2, 0.25) is 0 Å². The molecule has 166 valence electrons. The minimum Gasteiger partial charge on any atom is -0.492 e. The number of rotatable bonds is 15. The highest BCUT2D eigenvalue weighted by Crippen LogP contribution is 2.43. The first-order valence-electron chi connectivity index (χ1n) is 10.5. The Balaban J connectivity index is 1.54. The fourth-order valence-corrected chi connectivity index (χ4v) is 5.06. The summed E-state index contributed by atoms with van der Waals surface area (Å²) in [4.78, 5) is 0. The lowest BCUT2D eigenvalue weighted by Crippen LogP contribution is -2.37.